The van der Waals surface area contributed by atoms with Gasteiger partial charge in [0.1, 0.15) is 5.82 Å². The summed E-state index contributed by atoms with van der Waals surface area (Å²) in [6.07, 6.45) is 3.18. The van der Waals surface area contributed by atoms with Crippen molar-refractivity contribution in [2.75, 3.05) is 5.32 Å². The van der Waals surface area contributed by atoms with Gasteiger partial charge in [-0.1, -0.05) is 6.08 Å². The van der Waals surface area contributed by atoms with Crippen LogP contribution in [0, 0.1) is 0 Å². The number of nitrogens with one attached hydrogen (secondary N) is 1. The number of hydrogen-bond donors (Lipinski definition) is 2. The van der Waals surface area contributed by atoms with E-state index in [4.69, 9.17) is 5.11 Å². The van der Waals surface area contributed by atoms with Gasteiger partial charge in [0.15, 0.2) is 0 Å². The SMILES string of the molecule is C=CC(C)Nc1cc(C(=O)O)ccn1. The maximum absolute atomic E-state index is 10.6. The van der Waals surface area contributed by atoms with Crippen LogP contribution in [-0.4, -0.2) is 22.1 Å². The summed E-state index contributed by atoms with van der Waals surface area (Å²) in [5.41, 5.74) is 0.221. The highest BCUT2D eigenvalue weighted by Crippen LogP contribution is 2.08. The lowest BCUT2D eigenvalue weighted by Gasteiger charge is -2.09. The van der Waals surface area contributed by atoms with Crippen molar-refractivity contribution in [1.29, 1.82) is 0 Å². The first-order valence-corrected chi connectivity index (χ1v) is 4.22. The summed E-state index contributed by atoms with van der Waals surface area (Å²) in [7, 11) is 0. The first-order valence-electron chi connectivity index (χ1n) is 4.22. The molecule has 0 aliphatic rings. The van der Waals surface area contributed by atoms with Gasteiger partial charge in [-0.3, -0.25) is 0 Å². The highest BCUT2D eigenvalue weighted by molar-refractivity contribution is 5.88. The first-order chi connectivity index (χ1) is 6.63. The quantitative estimate of drug-likeness (QED) is 0.713. The van der Waals surface area contributed by atoms with E-state index in [9.17, 15) is 4.79 Å². The predicted octanol–water partition coefficient (Wildman–Crippen LogP) is 1.77. The van der Waals surface area contributed by atoms with Crippen LogP contribution >= 0.6 is 0 Å². The topological polar surface area (TPSA) is 62.2 Å². The van der Waals surface area contributed by atoms with Gasteiger partial charge in [-0.25, -0.2) is 9.78 Å². The van der Waals surface area contributed by atoms with E-state index in [0.29, 0.717) is 5.82 Å². The minimum atomic E-state index is -0.957. The van der Waals surface area contributed by atoms with E-state index >= 15 is 0 Å². The number of aromatic carboxylic acids is 1. The third-order valence-electron chi connectivity index (χ3n) is 1.74. The molecule has 1 atom stereocenters. The van der Waals surface area contributed by atoms with Crippen molar-refractivity contribution in [3.05, 3.63) is 36.5 Å². The molecule has 0 fully saturated rings. The Morgan fingerprint density at radius 3 is 3.07 bits per heavy atom. The number of carboxylic acids is 1. The first kappa shape index (κ1) is 10.2. The van der Waals surface area contributed by atoms with E-state index in [1.807, 2.05) is 6.92 Å². The van der Waals surface area contributed by atoms with Crippen LogP contribution in [0.1, 0.15) is 17.3 Å². The molecule has 0 aliphatic carbocycles. The second-order valence-electron chi connectivity index (χ2n) is 2.90. The average Bonchev–Trinajstić information content (AvgIpc) is 2.18. The van der Waals surface area contributed by atoms with Crippen LogP contribution in [0.3, 0.4) is 0 Å². The number of carboxylic acid groups (broad SMARTS) is 1. The molecule has 1 aromatic rings. The van der Waals surface area contributed by atoms with Gasteiger partial charge in [0.2, 0.25) is 0 Å². The Labute approximate surface area is 82.3 Å². The van der Waals surface area contributed by atoms with Crippen LogP contribution in [0.15, 0.2) is 31.0 Å². The van der Waals surface area contributed by atoms with E-state index in [1.54, 1.807) is 6.08 Å². The Bertz CT molecular complexity index is 350. The number of carbonyl (C=O) groups is 1. The Balaban J connectivity index is 2.83. The molecular formula is C10H12N2O2. The molecule has 0 aromatic carbocycles. The van der Waals surface area contributed by atoms with Crippen molar-refractivity contribution in [1.82, 2.24) is 4.98 Å². The Hall–Kier alpha value is -1.84. The lowest BCUT2D eigenvalue weighted by atomic mass is 10.2. The summed E-state index contributed by atoms with van der Waals surface area (Å²) in [6.45, 7) is 5.51. The summed E-state index contributed by atoms with van der Waals surface area (Å²) < 4.78 is 0. The highest BCUT2D eigenvalue weighted by atomic mass is 16.4. The molecule has 4 heteroatoms. The second kappa shape index (κ2) is 4.41. The van der Waals surface area contributed by atoms with Crippen molar-refractivity contribution < 1.29 is 9.90 Å². The van der Waals surface area contributed by atoms with Gasteiger partial charge in [-0.15, -0.1) is 6.58 Å². The predicted molar refractivity (Wildman–Crippen MR) is 54.5 cm³/mol. The number of pyridine rings is 1. The van der Waals surface area contributed by atoms with E-state index in [0.717, 1.165) is 0 Å². The van der Waals surface area contributed by atoms with Crippen molar-refractivity contribution in [3.8, 4) is 0 Å². The summed E-state index contributed by atoms with van der Waals surface area (Å²) in [4.78, 5) is 14.6. The molecule has 2 N–H and O–H groups in total. The normalized spacial score (nSPS) is 11.8. The van der Waals surface area contributed by atoms with Crippen LogP contribution in [0.4, 0.5) is 5.82 Å². The van der Waals surface area contributed by atoms with Gasteiger partial charge >= 0.3 is 5.97 Å². The van der Waals surface area contributed by atoms with Crippen molar-refractivity contribution in [3.63, 3.8) is 0 Å². The van der Waals surface area contributed by atoms with Crippen molar-refractivity contribution >= 4 is 11.8 Å². The fourth-order valence-corrected chi connectivity index (χ4v) is 0.935. The van der Waals surface area contributed by atoms with E-state index < -0.39 is 5.97 Å². The van der Waals surface area contributed by atoms with Crippen LogP contribution < -0.4 is 5.32 Å². The van der Waals surface area contributed by atoms with Gasteiger partial charge in [0.25, 0.3) is 0 Å². The summed E-state index contributed by atoms with van der Waals surface area (Å²) in [5.74, 6) is -0.418. The van der Waals surface area contributed by atoms with E-state index in [1.165, 1.54) is 18.3 Å². The molecule has 1 aromatic heterocycles. The maximum Gasteiger partial charge on any atom is 0.335 e. The van der Waals surface area contributed by atoms with Gasteiger partial charge in [-0.2, -0.15) is 0 Å². The van der Waals surface area contributed by atoms with Crippen LogP contribution in [-0.2, 0) is 0 Å². The van der Waals surface area contributed by atoms with Gasteiger partial charge < -0.3 is 10.4 Å². The lowest BCUT2D eigenvalue weighted by Crippen LogP contribution is -2.12. The highest BCUT2D eigenvalue weighted by Gasteiger charge is 2.04. The van der Waals surface area contributed by atoms with Gasteiger partial charge in [-0.05, 0) is 19.1 Å². The molecule has 0 bridgehead atoms. The lowest BCUT2D eigenvalue weighted by molar-refractivity contribution is 0.0697. The molecule has 1 heterocycles. The number of hydrogen-bond acceptors (Lipinski definition) is 3. The molecule has 1 rings (SSSR count). The average molecular weight is 192 g/mol. The van der Waals surface area contributed by atoms with Crippen LogP contribution in [0.5, 0.6) is 0 Å². The number of rotatable bonds is 4. The number of aromatic nitrogens is 1. The zero-order valence-corrected chi connectivity index (χ0v) is 7.90. The molecule has 4 nitrogen and oxygen atoms in total. The summed E-state index contributed by atoms with van der Waals surface area (Å²) in [5, 5.41) is 11.7. The molecule has 0 radical (unpaired) electrons. The summed E-state index contributed by atoms with van der Waals surface area (Å²) >= 11 is 0. The molecule has 0 saturated carbocycles. The van der Waals surface area contributed by atoms with Crippen molar-refractivity contribution in [2.24, 2.45) is 0 Å². The Morgan fingerprint density at radius 2 is 2.50 bits per heavy atom. The largest absolute Gasteiger partial charge is 0.478 e. The monoisotopic (exact) mass is 192 g/mol. The van der Waals surface area contributed by atoms with E-state index in [-0.39, 0.29) is 11.6 Å². The zero-order valence-electron chi connectivity index (χ0n) is 7.90. The summed E-state index contributed by atoms with van der Waals surface area (Å²) in [6, 6.07) is 3.00. The fraction of sp³-hybridized carbons (Fsp3) is 0.200. The number of anilines is 1. The minimum absolute atomic E-state index is 0.0616. The Morgan fingerprint density at radius 1 is 1.79 bits per heavy atom. The molecule has 14 heavy (non-hydrogen) atoms. The van der Waals surface area contributed by atoms with Crippen molar-refractivity contribution in [2.45, 2.75) is 13.0 Å². The van der Waals surface area contributed by atoms with Gasteiger partial charge in [0, 0.05) is 12.2 Å². The molecule has 0 spiro atoms. The maximum atomic E-state index is 10.6. The molecule has 74 valence electrons. The Kier molecular flexibility index (Phi) is 3.23. The van der Waals surface area contributed by atoms with Crippen LogP contribution in [0.25, 0.3) is 0 Å². The molecule has 0 saturated heterocycles. The third-order valence-corrected chi connectivity index (χ3v) is 1.74. The van der Waals surface area contributed by atoms with Gasteiger partial charge in [0.05, 0.1) is 5.56 Å². The molecule has 0 aliphatic heterocycles. The standard InChI is InChI=1S/C10H12N2O2/c1-3-7(2)12-9-6-8(10(13)14)4-5-11-9/h3-7H,1H2,2H3,(H,11,12)(H,13,14). The zero-order chi connectivity index (χ0) is 10.6. The number of nitrogens with zero attached hydrogens (tertiary/aromatic N) is 1. The fourth-order valence-electron chi connectivity index (χ4n) is 0.935. The molecule has 0 amide bonds. The van der Waals surface area contributed by atoms with E-state index in [2.05, 4.69) is 16.9 Å². The smallest absolute Gasteiger partial charge is 0.335 e. The van der Waals surface area contributed by atoms with Crippen LogP contribution in [0.2, 0.25) is 0 Å². The molecular weight excluding hydrogens is 180 g/mol. The molecule has 1 unspecified atom stereocenters. The third kappa shape index (κ3) is 2.58. The minimum Gasteiger partial charge on any atom is -0.478 e. The second-order valence-corrected chi connectivity index (χ2v) is 2.90.